The summed E-state index contributed by atoms with van der Waals surface area (Å²) in [4.78, 5) is 23.6. The predicted octanol–water partition coefficient (Wildman–Crippen LogP) is 2.05. The number of aliphatic carboxylic acids is 1. The van der Waals surface area contributed by atoms with Gasteiger partial charge in [-0.1, -0.05) is 17.3 Å². The molecule has 1 aromatic heterocycles. The molecule has 0 radical (unpaired) electrons. The molecular formula is C18H20N2O5. The third-order valence-electron chi connectivity index (χ3n) is 4.34. The largest absolute Gasteiger partial charge is 0.481 e. The Morgan fingerprint density at radius 2 is 2.04 bits per heavy atom. The molecule has 1 saturated heterocycles. The fourth-order valence-electron chi connectivity index (χ4n) is 3.03. The van der Waals surface area contributed by atoms with Crippen molar-refractivity contribution in [2.75, 3.05) is 13.2 Å². The normalized spacial score (nSPS) is 16.4. The maximum atomic E-state index is 12.8. The minimum atomic E-state index is -0.935. The highest BCUT2D eigenvalue weighted by molar-refractivity contribution is 5.95. The van der Waals surface area contributed by atoms with Crippen LogP contribution in [0.4, 0.5) is 0 Å². The van der Waals surface area contributed by atoms with Gasteiger partial charge in [0.25, 0.3) is 5.91 Å². The molecule has 1 amide bonds. The number of carboxylic acid groups (broad SMARTS) is 1. The fraction of sp³-hybridized carbons (Fsp3) is 0.389. The highest BCUT2D eigenvalue weighted by atomic mass is 16.5. The molecule has 2 N–H and O–H groups in total. The zero-order valence-corrected chi connectivity index (χ0v) is 13.9. The van der Waals surface area contributed by atoms with Crippen molar-refractivity contribution < 1.29 is 24.0 Å². The van der Waals surface area contributed by atoms with E-state index in [9.17, 15) is 9.59 Å². The van der Waals surface area contributed by atoms with E-state index in [0.29, 0.717) is 42.9 Å². The quantitative estimate of drug-likeness (QED) is 0.861. The average molecular weight is 344 g/mol. The van der Waals surface area contributed by atoms with E-state index in [1.54, 1.807) is 24.3 Å². The summed E-state index contributed by atoms with van der Waals surface area (Å²) in [7, 11) is 0. The van der Waals surface area contributed by atoms with Crippen LogP contribution in [-0.4, -0.2) is 35.4 Å². The van der Waals surface area contributed by atoms with Gasteiger partial charge in [-0.2, -0.15) is 0 Å². The molecule has 25 heavy (non-hydrogen) atoms. The Morgan fingerprint density at radius 3 is 2.68 bits per heavy atom. The molecule has 2 heterocycles. The number of hydrogen-bond acceptors (Lipinski definition) is 5. The minimum absolute atomic E-state index is 0.124. The van der Waals surface area contributed by atoms with Gasteiger partial charge in [0.1, 0.15) is 5.54 Å². The molecule has 1 aliphatic rings. The Kier molecular flexibility index (Phi) is 4.85. The maximum absolute atomic E-state index is 12.8. The smallest absolute Gasteiger partial charge is 0.307 e. The summed E-state index contributed by atoms with van der Waals surface area (Å²) in [5.74, 6) is -0.595. The lowest BCUT2D eigenvalue weighted by molar-refractivity contribution is -0.136. The molecular weight excluding hydrogens is 324 g/mol. The molecule has 0 bridgehead atoms. The van der Waals surface area contributed by atoms with Gasteiger partial charge in [0.05, 0.1) is 12.1 Å². The Bertz CT molecular complexity index is 777. The van der Waals surface area contributed by atoms with E-state index in [0.717, 1.165) is 5.69 Å². The van der Waals surface area contributed by atoms with Crippen molar-refractivity contribution >= 4 is 11.9 Å². The number of hydrogen-bond donors (Lipinski definition) is 2. The maximum Gasteiger partial charge on any atom is 0.307 e. The highest BCUT2D eigenvalue weighted by Crippen LogP contribution is 2.33. The van der Waals surface area contributed by atoms with Crippen LogP contribution in [-0.2, 0) is 21.5 Å². The van der Waals surface area contributed by atoms with E-state index >= 15 is 0 Å². The number of carbonyl (C=O) groups is 2. The molecule has 0 saturated carbocycles. The molecule has 2 aromatic rings. The van der Waals surface area contributed by atoms with E-state index in [2.05, 4.69) is 10.5 Å². The molecule has 0 spiro atoms. The van der Waals surface area contributed by atoms with E-state index in [4.69, 9.17) is 14.4 Å². The zero-order chi connectivity index (χ0) is 17.9. The van der Waals surface area contributed by atoms with Crippen LogP contribution in [0.15, 0.2) is 34.9 Å². The molecule has 1 fully saturated rings. The van der Waals surface area contributed by atoms with Crippen LogP contribution in [0.2, 0.25) is 0 Å². The Labute approximate surface area is 145 Å². The number of rotatable bonds is 5. The number of amides is 1. The molecule has 0 aliphatic carbocycles. The molecule has 0 atom stereocenters. The van der Waals surface area contributed by atoms with Crippen LogP contribution < -0.4 is 5.32 Å². The molecule has 0 unspecified atom stereocenters. The average Bonchev–Trinajstić information content (AvgIpc) is 3.02. The first-order chi connectivity index (χ1) is 12.0. The van der Waals surface area contributed by atoms with Crippen molar-refractivity contribution in [1.29, 1.82) is 0 Å². The van der Waals surface area contributed by atoms with Gasteiger partial charge in [0.15, 0.2) is 5.76 Å². The van der Waals surface area contributed by atoms with E-state index in [1.807, 2.05) is 13.0 Å². The summed E-state index contributed by atoms with van der Waals surface area (Å²) < 4.78 is 10.8. The van der Waals surface area contributed by atoms with Crippen LogP contribution in [0.1, 0.15) is 40.2 Å². The van der Waals surface area contributed by atoms with Crippen LogP contribution in [0.3, 0.4) is 0 Å². The van der Waals surface area contributed by atoms with Crippen molar-refractivity contribution in [2.24, 2.45) is 0 Å². The Balaban J connectivity index is 1.84. The first-order valence-electron chi connectivity index (χ1n) is 8.13. The molecule has 7 heteroatoms. The van der Waals surface area contributed by atoms with E-state index < -0.39 is 11.5 Å². The predicted molar refractivity (Wildman–Crippen MR) is 88.2 cm³/mol. The summed E-state index contributed by atoms with van der Waals surface area (Å²) in [5, 5.41) is 15.9. The number of ether oxygens (including phenoxy) is 1. The van der Waals surface area contributed by atoms with Gasteiger partial charge in [0, 0.05) is 37.7 Å². The summed E-state index contributed by atoms with van der Waals surface area (Å²) in [6.07, 6.45) is 1.05. The van der Waals surface area contributed by atoms with Crippen molar-refractivity contribution in [1.82, 2.24) is 10.5 Å². The number of carboxylic acids is 1. The summed E-state index contributed by atoms with van der Waals surface area (Å²) in [6.45, 7) is 2.86. The van der Waals surface area contributed by atoms with E-state index in [1.165, 1.54) is 0 Å². The van der Waals surface area contributed by atoms with Gasteiger partial charge in [-0.25, -0.2) is 0 Å². The molecule has 3 rings (SSSR count). The molecule has 1 aromatic carbocycles. The lowest BCUT2D eigenvalue weighted by Crippen LogP contribution is -2.49. The first kappa shape index (κ1) is 17.2. The number of benzene rings is 1. The molecule has 1 aliphatic heterocycles. The second-order valence-electron chi connectivity index (χ2n) is 6.25. The Hall–Kier alpha value is -2.67. The number of aryl methyl sites for hydroxylation is 1. The standard InChI is InChI=1S/C18H20N2O5/c1-12-9-15(25-20-12)18(5-7-24-8-6-18)19-17(23)14-4-2-3-13(10-14)11-16(21)22/h2-4,9-10H,5-8,11H2,1H3,(H,19,23)(H,21,22). The topological polar surface area (TPSA) is 102 Å². The summed E-state index contributed by atoms with van der Waals surface area (Å²) >= 11 is 0. The van der Waals surface area contributed by atoms with Gasteiger partial charge >= 0.3 is 5.97 Å². The highest BCUT2D eigenvalue weighted by Gasteiger charge is 2.39. The zero-order valence-electron chi connectivity index (χ0n) is 13.9. The minimum Gasteiger partial charge on any atom is -0.481 e. The SMILES string of the molecule is Cc1cc(C2(NC(=O)c3cccc(CC(=O)O)c3)CCOCC2)on1. The molecule has 7 nitrogen and oxygen atoms in total. The lowest BCUT2D eigenvalue weighted by atomic mass is 9.86. The van der Waals surface area contributed by atoms with Crippen molar-refractivity contribution in [2.45, 2.75) is 31.7 Å². The van der Waals surface area contributed by atoms with Gasteiger partial charge < -0.3 is 19.7 Å². The van der Waals surface area contributed by atoms with E-state index in [-0.39, 0.29) is 12.3 Å². The lowest BCUT2D eigenvalue weighted by Gasteiger charge is -2.35. The second-order valence-corrected chi connectivity index (χ2v) is 6.25. The summed E-state index contributed by atoms with van der Waals surface area (Å²) in [6, 6.07) is 8.46. The van der Waals surface area contributed by atoms with Crippen LogP contribution in [0, 0.1) is 6.92 Å². The molecule has 132 valence electrons. The van der Waals surface area contributed by atoms with Gasteiger partial charge in [-0.3, -0.25) is 9.59 Å². The van der Waals surface area contributed by atoms with Crippen LogP contribution >= 0.6 is 0 Å². The van der Waals surface area contributed by atoms with Crippen molar-refractivity contribution in [3.63, 3.8) is 0 Å². The third-order valence-corrected chi connectivity index (χ3v) is 4.34. The van der Waals surface area contributed by atoms with Gasteiger partial charge in [-0.05, 0) is 24.6 Å². The Morgan fingerprint density at radius 1 is 1.28 bits per heavy atom. The third kappa shape index (κ3) is 3.88. The number of aromatic nitrogens is 1. The van der Waals surface area contributed by atoms with Crippen molar-refractivity contribution in [3.05, 3.63) is 52.9 Å². The number of nitrogens with one attached hydrogen (secondary N) is 1. The van der Waals surface area contributed by atoms with Crippen LogP contribution in [0.5, 0.6) is 0 Å². The summed E-state index contributed by atoms with van der Waals surface area (Å²) in [5.41, 5.74) is 1.08. The fourth-order valence-corrected chi connectivity index (χ4v) is 3.03. The first-order valence-corrected chi connectivity index (χ1v) is 8.13. The second kappa shape index (κ2) is 7.06. The van der Waals surface area contributed by atoms with Gasteiger partial charge in [-0.15, -0.1) is 0 Å². The van der Waals surface area contributed by atoms with Crippen molar-refractivity contribution in [3.8, 4) is 0 Å². The van der Waals surface area contributed by atoms with Crippen LogP contribution in [0.25, 0.3) is 0 Å². The monoisotopic (exact) mass is 344 g/mol. The van der Waals surface area contributed by atoms with Gasteiger partial charge in [0.2, 0.25) is 0 Å². The number of nitrogens with zero attached hydrogens (tertiary/aromatic N) is 1. The number of carbonyl (C=O) groups excluding carboxylic acids is 1.